The molecule has 0 amide bonds. The summed E-state index contributed by atoms with van der Waals surface area (Å²) in [5.41, 5.74) is 1.66. The van der Waals surface area contributed by atoms with E-state index in [0.29, 0.717) is 34.1 Å². The van der Waals surface area contributed by atoms with Crippen LogP contribution in [0.2, 0.25) is 5.02 Å². The third kappa shape index (κ3) is 2.24. The molecule has 100 valence electrons. The molecule has 18 heavy (non-hydrogen) atoms. The Morgan fingerprint density at radius 1 is 1.22 bits per heavy atom. The van der Waals surface area contributed by atoms with Crippen molar-refractivity contribution in [1.82, 2.24) is 5.32 Å². The van der Waals surface area contributed by atoms with Crippen molar-refractivity contribution in [2.75, 3.05) is 6.54 Å². The van der Waals surface area contributed by atoms with Gasteiger partial charge in [-0.3, -0.25) is 0 Å². The summed E-state index contributed by atoms with van der Waals surface area (Å²) in [5.74, 6) is 0.993. The van der Waals surface area contributed by atoms with Gasteiger partial charge in [-0.2, -0.15) is 0 Å². The number of nitrogens with one attached hydrogen (secondary N) is 1. The minimum Gasteiger partial charge on any atom is -0.508 e. The Balaban J connectivity index is 1.89. The van der Waals surface area contributed by atoms with Crippen LogP contribution in [0.4, 0.5) is 0 Å². The number of phenolic OH excluding ortho intramolecular Hbond substituents is 1. The molecule has 0 spiro atoms. The van der Waals surface area contributed by atoms with Crippen LogP contribution in [0.5, 0.6) is 5.75 Å². The second-order valence-electron chi connectivity index (χ2n) is 6.40. The monoisotopic (exact) mass is 267 g/mol. The number of benzene rings is 1. The van der Waals surface area contributed by atoms with Crippen molar-refractivity contribution in [3.63, 3.8) is 0 Å². The molecule has 0 bridgehead atoms. The van der Waals surface area contributed by atoms with E-state index < -0.39 is 0 Å². The van der Waals surface area contributed by atoms with Crippen molar-refractivity contribution >= 4 is 11.6 Å². The average Bonchev–Trinajstić information content (AvgIpc) is 2.65. The lowest BCUT2D eigenvalue weighted by molar-refractivity contribution is 0.457. The van der Waals surface area contributed by atoms with E-state index >= 15 is 0 Å². The van der Waals surface area contributed by atoms with Crippen molar-refractivity contribution in [2.45, 2.75) is 34.2 Å². The zero-order chi connectivity index (χ0) is 13.6. The van der Waals surface area contributed by atoms with Crippen molar-refractivity contribution in [3.8, 4) is 5.75 Å². The zero-order valence-electron chi connectivity index (χ0n) is 11.5. The predicted octanol–water partition coefficient (Wildman–Crippen LogP) is 3.82. The molecule has 1 fully saturated rings. The molecule has 0 aliphatic heterocycles. The first kappa shape index (κ1) is 13.7. The van der Waals surface area contributed by atoms with Gasteiger partial charge in [0.15, 0.2) is 0 Å². The molecule has 0 heterocycles. The van der Waals surface area contributed by atoms with Gasteiger partial charge >= 0.3 is 0 Å². The van der Waals surface area contributed by atoms with Crippen LogP contribution in [-0.2, 0) is 6.54 Å². The van der Waals surface area contributed by atoms with Crippen LogP contribution in [0.1, 0.15) is 33.3 Å². The number of phenols is 1. The fraction of sp³-hybridized carbons (Fsp3) is 0.600. The number of aromatic hydroxyl groups is 1. The summed E-state index contributed by atoms with van der Waals surface area (Å²) >= 11 is 5.92. The maximum atomic E-state index is 9.72. The second kappa shape index (κ2) is 4.43. The molecule has 0 aromatic heterocycles. The van der Waals surface area contributed by atoms with Gasteiger partial charge in [0.1, 0.15) is 5.75 Å². The minimum absolute atomic E-state index is 0.307. The van der Waals surface area contributed by atoms with Gasteiger partial charge in [-0.1, -0.05) is 39.3 Å². The largest absolute Gasteiger partial charge is 0.508 e. The molecule has 1 saturated carbocycles. The molecule has 2 N–H and O–H groups in total. The van der Waals surface area contributed by atoms with Gasteiger partial charge in [-0.25, -0.2) is 0 Å². The molecule has 0 unspecified atom stereocenters. The van der Waals surface area contributed by atoms with Crippen LogP contribution in [0, 0.1) is 16.7 Å². The van der Waals surface area contributed by atoms with E-state index in [1.54, 1.807) is 12.1 Å². The van der Waals surface area contributed by atoms with E-state index in [4.69, 9.17) is 11.6 Å². The molecule has 0 atom stereocenters. The lowest BCUT2D eigenvalue weighted by Gasteiger charge is -2.08. The van der Waals surface area contributed by atoms with Crippen LogP contribution in [0.3, 0.4) is 0 Å². The van der Waals surface area contributed by atoms with E-state index in [0.717, 1.165) is 12.1 Å². The smallest absolute Gasteiger partial charge is 0.120 e. The summed E-state index contributed by atoms with van der Waals surface area (Å²) in [7, 11) is 0. The van der Waals surface area contributed by atoms with Crippen LogP contribution in [0.25, 0.3) is 0 Å². The summed E-state index contributed by atoms with van der Waals surface area (Å²) in [6, 6.07) is 5.16. The molecule has 2 rings (SSSR count). The highest BCUT2D eigenvalue weighted by Gasteiger charge is 2.63. The zero-order valence-corrected chi connectivity index (χ0v) is 12.3. The SMILES string of the molecule is CC1(C)C(CNCc2cc(Cl)ccc2O)C1(C)C. The Hall–Kier alpha value is -0.730. The molecule has 1 aliphatic carbocycles. The molecule has 2 nitrogen and oxygen atoms in total. The number of hydrogen-bond acceptors (Lipinski definition) is 2. The molecule has 3 heteroatoms. The van der Waals surface area contributed by atoms with Gasteiger partial charge in [0.25, 0.3) is 0 Å². The van der Waals surface area contributed by atoms with E-state index in [-0.39, 0.29) is 0 Å². The summed E-state index contributed by atoms with van der Waals surface area (Å²) in [4.78, 5) is 0. The van der Waals surface area contributed by atoms with Crippen LogP contribution in [0.15, 0.2) is 18.2 Å². The third-order valence-electron chi connectivity index (χ3n) is 5.03. The second-order valence-corrected chi connectivity index (χ2v) is 6.84. The summed E-state index contributed by atoms with van der Waals surface area (Å²) in [6.07, 6.45) is 0. The number of hydrogen-bond donors (Lipinski definition) is 2. The lowest BCUT2D eigenvalue weighted by atomic mass is 10.0. The third-order valence-corrected chi connectivity index (χ3v) is 5.26. The maximum absolute atomic E-state index is 9.72. The van der Waals surface area contributed by atoms with Crippen molar-refractivity contribution < 1.29 is 5.11 Å². The molecule has 0 saturated heterocycles. The number of halogens is 1. The van der Waals surface area contributed by atoms with Gasteiger partial charge in [0.05, 0.1) is 0 Å². The van der Waals surface area contributed by atoms with Crippen LogP contribution in [-0.4, -0.2) is 11.7 Å². The van der Waals surface area contributed by atoms with Gasteiger partial charge < -0.3 is 10.4 Å². The average molecular weight is 268 g/mol. The molecular weight excluding hydrogens is 246 g/mol. The Morgan fingerprint density at radius 3 is 2.39 bits per heavy atom. The molecule has 1 aromatic carbocycles. The van der Waals surface area contributed by atoms with Crippen LogP contribution >= 0.6 is 11.6 Å². The first-order chi connectivity index (χ1) is 8.26. The predicted molar refractivity (Wildman–Crippen MR) is 75.9 cm³/mol. The van der Waals surface area contributed by atoms with Gasteiger partial charge in [-0.15, -0.1) is 0 Å². The number of rotatable bonds is 4. The Morgan fingerprint density at radius 2 is 1.83 bits per heavy atom. The fourth-order valence-electron chi connectivity index (χ4n) is 2.89. The van der Waals surface area contributed by atoms with Crippen molar-refractivity contribution in [2.24, 2.45) is 16.7 Å². The Labute approximate surface area is 114 Å². The molecule has 1 aliphatic rings. The molecular formula is C15H22ClNO. The van der Waals surface area contributed by atoms with E-state index in [1.165, 1.54) is 0 Å². The Kier molecular flexibility index (Phi) is 3.37. The summed E-state index contributed by atoms with van der Waals surface area (Å²) in [6.45, 7) is 10.9. The van der Waals surface area contributed by atoms with E-state index in [9.17, 15) is 5.11 Å². The molecule has 1 aromatic rings. The highest BCUT2D eigenvalue weighted by Crippen LogP contribution is 2.67. The van der Waals surface area contributed by atoms with Gasteiger partial charge in [-0.05, 0) is 41.5 Å². The van der Waals surface area contributed by atoms with Crippen LogP contribution < -0.4 is 5.32 Å². The standard InChI is InChI=1S/C15H22ClNO/c1-14(2)13(15(14,3)4)9-17-8-10-7-11(16)5-6-12(10)18/h5-7,13,17-18H,8-9H2,1-4H3. The normalized spacial score (nSPS) is 20.9. The van der Waals surface area contributed by atoms with Gasteiger partial charge in [0.2, 0.25) is 0 Å². The quantitative estimate of drug-likeness (QED) is 0.869. The molecule has 0 radical (unpaired) electrons. The van der Waals surface area contributed by atoms with Crippen molar-refractivity contribution in [1.29, 1.82) is 0 Å². The first-order valence-corrected chi connectivity index (χ1v) is 6.82. The summed E-state index contributed by atoms with van der Waals surface area (Å²) < 4.78 is 0. The maximum Gasteiger partial charge on any atom is 0.120 e. The minimum atomic E-state index is 0.307. The lowest BCUT2D eigenvalue weighted by Crippen LogP contribution is -2.18. The summed E-state index contributed by atoms with van der Waals surface area (Å²) in [5, 5.41) is 13.8. The Bertz CT molecular complexity index is 440. The van der Waals surface area contributed by atoms with Gasteiger partial charge in [0, 0.05) is 17.1 Å². The van der Waals surface area contributed by atoms with E-state index in [2.05, 4.69) is 33.0 Å². The topological polar surface area (TPSA) is 32.3 Å². The van der Waals surface area contributed by atoms with E-state index in [1.807, 2.05) is 6.07 Å². The highest BCUT2D eigenvalue weighted by molar-refractivity contribution is 6.30. The fourth-order valence-corrected chi connectivity index (χ4v) is 3.09. The first-order valence-electron chi connectivity index (χ1n) is 6.45. The highest BCUT2D eigenvalue weighted by atomic mass is 35.5. The van der Waals surface area contributed by atoms with Crippen molar-refractivity contribution in [3.05, 3.63) is 28.8 Å².